The van der Waals surface area contributed by atoms with Crippen molar-refractivity contribution in [2.24, 2.45) is 11.1 Å². The van der Waals surface area contributed by atoms with E-state index < -0.39 is 5.92 Å². The second-order valence-electron chi connectivity index (χ2n) is 9.17. The minimum atomic E-state index is -0.456. The summed E-state index contributed by atoms with van der Waals surface area (Å²) in [6.07, 6.45) is 3.83. The molecule has 0 amide bonds. The van der Waals surface area contributed by atoms with Gasteiger partial charge in [-0.15, -0.1) is 39.9 Å². The summed E-state index contributed by atoms with van der Waals surface area (Å²) in [4.78, 5) is 16.8. The highest BCUT2D eigenvalue weighted by molar-refractivity contribution is 8.01. The van der Waals surface area contributed by atoms with E-state index in [9.17, 15) is 10.1 Å². The van der Waals surface area contributed by atoms with Gasteiger partial charge in [0.15, 0.2) is 10.1 Å². The Morgan fingerprint density at radius 3 is 2.74 bits per heavy atom. The van der Waals surface area contributed by atoms with Gasteiger partial charge in [0.25, 0.3) is 0 Å². The Balaban J connectivity index is 1.94. The summed E-state index contributed by atoms with van der Waals surface area (Å²) < 4.78 is 1.95. The molecule has 3 heterocycles. The highest BCUT2D eigenvalue weighted by Crippen LogP contribution is 2.53. The molecule has 0 saturated heterocycles. The molecule has 4 rings (SSSR count). The molecular weight excluding hydrogens is 515 g/mol. The average Bonchev–Trinajstić information content (AvgIpc) is 3.43. The quantitative estimate of drug-likeness (QED) is 0.298. The average molecular weight is 544 g/mol. The first-order valence-electron chi connectivity index (χ1n) is 11.5. The molecule has 6 nitrogen and oxygen atoms in total. The Morgan fingerprint density at radius 1 is 1.31 bits per heavy atom. The Kier molecular flexibility index (Phi) is 7.81. The third kappa shape index (κ3) is 4.96. The van der Waals surface area contributed by atoms with Gasteiger partial charge in [-0.3, -0.25) is 9.69 Å². The number of aromatic nitrogens is 2. The van der Waals surface area contributed by atoms with Gasteiger partial charge in [0.05, 0.1) is 21.8 Å². The van der Waals surface area contributed by atoms with Gasteiger partial charge in [-0.1, -0.05) is 56.9 Å². The number of nitrogens with zero attached hydrogens (tertiary/aromatic N) is 4. The fraction of sp³-hybridized carbons (Fsp3) is 0.440. The summed E-state index contributed by atoms with van der Waals surface area (Å²) in [5, 5.41) is 19.6. The third-order valence-corrected chi connectivity index (χ3v) is 10.5. The zero-order chi connectivity index (χ0) is 25.3. The van der Waals surface area contributed by atoms with Crippen molar-refractivity contribution in [3.05, 3.63) is 51.8 Å². The molecule has 2 aromatic heterocycles. The molecule has 0 saturated carbocycles. The van der Waals surface area contributed by atoms with Crippen molar-refractivity contribution in [3.8, 4) is 6.07 Å². The van der Waals surface area contributed by atoms with Gasteiger partial charge in [0, 0.05) is 28.3 Å². The van der Waals surface area contributed by atoms with Crippen LogP contribution in [-0.4, -0.2) is 27.5 Å². The molecule has 1 unspecified atom stereocenters. The lowest BCUT2D eigenvalue weighted by atomic mass is 9.69. The van der Waals surface area contributed by atoms with Crippen LogP contribution in [0.15, 0.2) is 49.9 Å². The Labute approximate surface area is 223 Å². The minimum Gasteiger partial charge on any atom is -0.384 e. The molecule has 1 aliphatic carbocycles. The zero-order valence-corrected chi connectivity index (χ0v) is 23.6. The van der Waals surface area contributed by atoms with Crippen molar-refractivity contribution in [1.29, 1.82) is 5.26 Å². The Hall–Kier alpha value is -2.06. The monoisotopic (exact) mass is 543 g/mol. The molecule has 184 valence electrons. The molecule has 0 bridgehead atoms. The van der Waals surface area contributed by atoms with E-state index in [0.29, 0.717) is 34.9 Å². The molecule has 1 aliphatic heterocycles. The largest absolute Gasteiger partial charge is 0.384 e. The van der Waals surface area contributed by atoms with Crippen LogP contribution in [0.4, 0.5) is 5.13 Å². The van der Waals surface area contributed by atoms with Crippen molar-refractivity contribution in [1.82, 2.24) is 10.2 Å². The topological polar surface area (TPSA) is 95.9 Å². The second kappa shape index (κ2) is 10.5. The SMILES string of the molecule is C=CCSc1nnc(N2C(N)=C(C#N)C(c3cc(CC)sc3SCC)C3=C2CC(C)(C)CC3=O)s1. The first-order chi connectivity index (χ1) is 16.7. The summed E-state index contributed by atoms with van der Waals surface area (Å²) in [7, 11) is 0. The summed E-state index contributed by atoms with van der Waals surface area (Å²) in [5.41, 5.74) is 9.50. The smallest absolute Gasteiger partial charge is 0.219 e. The van der Waals surface area contributed by atoms with Gasteiger partial charge >= 0.3 is 0 Å². The zero-order valence-electron chi connectivity index (χ0n) is 20.4. The molecule has 10 heteroatoms. The Morgan fingerprint density at radius 2 is 2.09 bits per heavy atom. The van der Waals surface area contributed by atoms with Crippen LogP contribution < -0.4 is 10.6 Å². The number of hydrogen-bond acceptors (Lipinski definition) is 10. The van der Waals surface area contributed by atoms with Gasteiger partial charge in [0.2, 0.25) is 5.13 Å². The van der Waals surface area contributed by atoms with Gasteiger partial charge in [0.1, 0.15) is 5.82 Å². The molecular formula is C25H29N5OS4. The maximum atomic E-state index is 13.8. The van der Waals surface area contributed by atoms with E-state index in [2.05, 4.69) is 56.6 Å². The van der Waals surface area contributed by atoms with Crippen LogP contribution in [-0.2, 0) is 11.2 Å². The fourth-order valence-corrected chi connectivity index (χ4v) is 8.60. The van der Waals surface area contributed by atoms with Crippen molar-refractivity contribution in [2.45, 2.75) is 61.4 Å². The number of rotatable bonds is 8. The predicted molar refractivity (Wildman–Crippen MR) is 148 cm³/mol. The van der Waals surface area contributed by atoms with Crippen molar-refractivity contribution >= 4 is 57.1 Å². The van der Waals surface area contributed by atoms with E-state index in [0.717, 1.165) is 37.7 Å². The normalized spacial score (nSPS) is 19.7. The summed E-state index contributed by atoms with van der Waals surface area (Å²) >= 11 is 6.48. The van der Waals surface area contributed by atoms with E-state index in [1.165, 1.54) is 16.2 Å². The van der Waals surface area contributed by atoms with Gasteiger partial charge in [-0.25, -0.2) is 0 Å². The summed E-state index contributed by atoms with van der Waals surface area (Å²) in [6.45, 7) is 12.2. The molecule has 0 aromatic carbocycles. The number of nitriles is 1. The van der Waals surface area contributed by atoms with Gasteiger partial charge in [-0.2, -0.15) is 5.26 Å². The van der Waals surface area contributed by atoms with Crippen molar-refractivity contribution < 1.29 is 4.79 Å². The van der Waals surface area contributed by atoms with Gasteiger partial charge < -0.3 is 5.73 Å². The van der Waals surface area contributed by atoms with Crippen LogP contribution in [0, 0.1) is 16.7 Å². The minimum absolute atomic E-state index is 0.0777. The number of anilines is 1. The van der Waals surface area contributed by atoms with Crippen LogP contribution in [0.3, 0.4) is 0 Å². The summed E-state index contributed by atoms with van der Waals surface area (Å²) in [5.74, 6) is 1.60. The number of carbonyl (C=O) groups is 1. The van der Waals surface area contributed by atoms with Crippen LogP contribution in [0.2, 0.25) is 0 Å². The number of thioether (sulfide) groups is 2. The number of Topliss-reactive ketones (excluding diaryl/α,β-unsaturated/α-hetero) is 1. The van der Waals surface area contributed by atoms with E-state index in [1.54, 1.807) is 34.9 Å². The molecule has 2 aliphatic rings. The maximum Gasteiger partial charge on any atom is 0.219 e. The highest BCUT2D eigenvalue weighted by atomic mass is 32.2. The van der Waals surface area contributed by atoms with E-state index in [1.807, 2.05) is 11.0 Å². The first kappa shape index (κ1) is 26.0. The number of thiophene rings is 1. The highest BCUT2D eigenvalue weighted by Gasteiger charge is 2.46. The first-order valence-corrected chi connectivity index (χ1v) is 15.1. The lowest BCUT2D eigenvalue weighted by molar-refractivity contribution is -0.118. The van der Waals surface area contributed by atoms with Gasteiger partial charge in [-0.05, 0) is 35.6 Å². The summed E-state index contributed by atoms with van der Waals surface area (Å²) in [6, 6.07) is 4.54. The lowest BCUT2D eigenvalue weighted by Crippen LogP contribution is -2.42. The predicted octanol–water partition coefficient (Wildman–Crippen LogP) is 6.49. The van der Waals surface area contributed by atoms with Crippen molar-refractivity contribution in [3.63, 3.8) is 0 Å². The molecule has 0 fully saturated rings. The van der Waals surface area contributed by atoms with Crippen LogP contribution >= 0.6 is 46.2 Å². The molecule has 2 aromatic rings. The maximum absolute atomic E-state index is 13.8. The number of ketones is 1. The number of nitrogens with two attached hydrogens (primary N) is 1. The van der Waals surface area contributed by atoms with Crippen LogP contribution in [0.5, 0.6) is 0 Å². The van der Waals surface area contributed by atoms with Crippen LogP contribution in [0.1, 0.15) is 56.9 Å². The number of carbonyl (C=O) groups excluding carboxylic acids is 1. The molecule has 1 atom stereocenters. The number of hydrogen-bond donors (Lipinski definition) is 1. The fourth-order valence-electron chi connectivity index (χ4n) is 4.58. The number of aryl methyl sites for hydroxylation is 1. The standard InChI is InChI=1S/C25H29N5OS4/c1-6-9-33-24-29-28-23(35-24)30-17-11-25(4,5)12-18(31)20(17)19(16(13-26)21(30)27)15-10-14(7-2)34-22(15)32-8-3/h6,10,19H,1,7-9,11-12,27H2,2-5H3. The van der Waals surface area contributed by atoms with E-state index in [4.69, 9.17) is 5.73 Å². The van der Waals surface area contributed by atoms with Crippen molar-refractivity contribution in [2.75, 3.05) is 16.4 Å². The van der Waals surface area contributed by atoms with Crippen LogP contribution in [0.25, 0.3) is 0 Å². The Bertz CT molecular complexity index is 1260. The molecule has 0 spiro atoms. The van der Waals surface area contributed by atoms with E-state index >= 15 is 0 Å². The lowest BCUT2D eigenvalue weighted by Gasteiger charge is -2.42. The third-order valence-electron chi connectivity index (χ3n) is 6.00. The molecule has 0 radical (unpaired) electrons. The number of allylic oxidation sites excluding steroid dienone is 3. The van der Waals surface area contributed by atoms with E-state index in [-0.39, 0.29) is 11.2 Å². The molecule has 2 N–H and O–H groups in total. The second-order valence-corrected chi connectivity index (χ2v) is 14.1. The molecule has 35 heavy (non-hydrogen) atoms.